The fourth-order valence-corrected chi connectivity index (χ4v) is 3.40. The lowest BCUT2D eigenvalue weighted by Crippen LogP contribution is -2.52. The van der Waals surface area contributed by atoms with Gasteiger partial charge in [0.25, 0.3) is 0 Å². The van der Waals surface area contributed by atoms with Crippen molar-refractivity contribution in [2.75, 3.05) is 25.5 Å². The van der Waals surface area contributed by atoms with Crippen LogP contribution in [0, 0.1) is 5.92 Å². The van der Waals surface area contributed by atoms with Gasteiger partial charge in [-0.2, -0.15) is 4.98 Å². The molecule has 0 bridgehead atoms. The summed E-state index contributed by atoms with van der Waals surface area (Å²) in [4.78, 5) is 37.6. The molecule has 3 heterocycles. The summed E-state index contributed by atoms with van der Waals surface area (Å²) in [7, 11) is 1.34. The molecular formula is C18H24ClN5O4. The lowest BCUT2D eigenvalue weighted by Gasteiger charge is -2.37. The third-order valence-electron chi connectivity index (χ3n) is 4.37. The number of likely N-dealkylation sites (tertiary alicyclic amines) is 1. The number of fused-ring (bicyclic) bond motifs is 1. The number of hydrogen-bond acceptors (Lipinski definition) is 7. The summed E-state index contributed by atoms with van der Waals surface area (Å²) in [5.74, 6) is -0.300. The number of H-pyrrole nitrogens is 1. The standard InChI is InChI=1S/C18H24ClN5O4/c1-18(2,3)28-17(26)24-8-10(15(25)27-4)7-11(9-24)21-14-12-5-6-20-13(12)22-16(19)23-14/h5-6,10-11H,7-9H2,1-4H3,(H2,20,21,22,23)/t10-,11+/m0/s1. The highest BCUT2D eigenvalue weighted by Gasteiger charge is 2.36. The van der Waals surface area contributed by atoms with Crippen molar-refractivity contribution < 1.29 is 19.1 Å². The molecular weight excluding hydrogens is 386 g/mol. The number of carbonyl (C=O) groups is 2. The Morgan fingerprint density at radius 2 is 2.07 bits per heavy atom. The van der Waals surface area contributed by atoms with Gasteiger partial charge in [-0.15, -0.1) is 0 Å². The smallest absolute Gasteiger partial charge is 0.410 e. The second-order valence-electron chi connectivity index (χ2n) is 7.76. The van der Waals surface area contributed by atoms with E-state index >= 15 is 0 Å². The van der Waals surface area contributed by atoms with Crippen molar-refractivity contribution >= 4 is 40.5 Å². The number of methoxy groups -OCH3 is 1. The first-order chi connectivity index (χ1) is 13.2. The second kappa shape index (κ2) is 7.83. The van der Waals surface area contributed by atoms with Crippen LogP contribution in [0.1, 0.15) is 27.2 Å². The van der Waals surface area contributed by atoms with Gasteiger partial charge in [0.05, 0.1) is 18.4 Å². The van der Waals surface area contributed by atoms with Crippen molar-refractivity contribution in [2.24, 2.45) is 5.92 Å². The van der Waals surface area contributed by atoms with E-state index in [1.165, 1.54) is 12.0 Å². The van der Waals surface area contributed by atoms with E-state index in [2.05, 4.69) is 20.3 Å². The Kier molecular flexibility index (Phi) is 5.64. The highest BCUT2D eigenvalue weighted by molar-refractivity contribution is 6.28. The summed E-state index contributed by atoms with van der Waals surface area (Å²) >= 11 is 6.01. The zero-order chi connectivity index (χ0) is 20.5. The zero-order valence-electron chi connectivity index (χ0n) is 16.3. The van der Waals surface area contributed by atoms with Crippen molar-refractivity contribution in [3.8, 4) is 0 Å². The molecule has 1 saturated heterocycles. The van der Waals surface area contributed by atoms with Gasteiger partial charge in [0.15, 0.2) is 0 Å². The minimum absolute atomic E-state index is 0.0989. The van der Waals surface area contributed by atoms with Gasteiger partial charge in [-0.1, -0.05) is 0 Å². The molecule has 1 fully saturated rings. The summed E-state index contributed by atoms with van der Waals surface area (Å²) in [6, 6.07) is 1.59. The van der Waals surface area contributed by atoms with E-state index in [0.717, 1.165) is 5.39 Å². The van der Waals surface area contributed by atoms with Gasteiger partial charge in [-0.05, 0) is 44.9 Å². The van der Waals surface area contributed by atoms with Crippen molar-refractivity contribution in [3.63, 3.8) is 0 Å². The molecule has 2 aromatic rings. The highest BCUT2D eigenvalue weighted by atomic mass is 35.5. The molecule has 0 radical (unpaired) electrons. The van der Waals surface area contributed by atoms with Crippen LogP contribution in [0.15, 0.2) is 12.3 Å². The molecule has 0 aromatic carbocycles. The monoisotopic (exact) mass is 409 g/mol. The minimum Gasteiger partial charge on any atom is -0.469 e. The van der Waals surface area contributed by atoms with E-state index in [0.29, 0.717) is 24.4 Å². The predicted molar refractivity (Wildman–Crippen MR) is 104 cm³/mol. The average Bonchev–Trinajstić information content (AvgIpc) is 3.07. The fourth-order valence-electron chi connectivity index (χ4n) is 3.23. The Labute approximate surface area is 167 Å². The first-order valence-corrected chi connectivity index (χ1v) is 9.37. The van der Waals surface area contributed by atoms with Gasteiger partial charge >= 0.3 is 12.1 Å². The summed E-state index contributed by atoms with van der Waals surface area (Å²) < 4.78 is 10.4. The Morgan fingerprint density at radius 3 is 2.75 bits per heavy atom. The maximum absolute atomic E-state index is 12.6. The molecule has 1 amide bonds. The first-order valence-electron chi connectivity index (χ1n) is 8.99. The number of piperidine rings is 1. The van der Waals surface area contributed by atoms with E-state index in [9.17, 15) is 9.59 Å². The van der Waals surface area contributed by atoms with Gasteiger partial charge < -0.3 is 24.7 Å². The number of rotatable bonds is 3. The number of carbonyl (C=O) groups excluding carboxylic acids is 2. The maximum Gasteiger partial charge on any atom is 0.410 e. The zero-order valence-corrected chi connectivity index (χ0v) is 17.0. The number of aromatic nitrogens is 3. The molecule has 0 aliphatic carbocycles. The molecule has 1 aliphatic rings. The van der Waals surface area contributed by atoms with Gasteiger partial charge in [0.1, 0.15) is 17.1 Å². The number of aromatic amines is 1. The second-order valence-corrected chi connectivity index (χ2v) is 8.10. The molecule has 28 heavy (non-hydrogen) atoms. The largest absolute Gasteiger partial charge is 0.469 e. The van der Waals surface area contributed by atoms with Crippen LogP contribution in [-0.4, -0.2) is 63.8 Å². The SMILES string of the molecule is COC(=O)[C@H]1C[C@@H](Nc2nc(Cl)nc3[nH]ccc23)CN(C(=O)OC(C)(C)C)C1. The van der Waals surface area contributed by atoms with E-state index in [1.54, 1.807) is 27.0 Å². The number of nitrogens with zero attached hydrogens (tertiary/aromatic N) is 3. The van der Waals surface area contributed by atoms with Gasteiger partial charge in [-0.3, -0.25) is 4.79 Å². The molecule has 1 aliphatic heterocycles. The van der Waals surface area contributed by atoms with E-state index in [4.69, 9.17) is 21.1 Å². The van der Waals surface area contributed by atoms with Crippen LogP contribution in [0.4, 0.5) is 10.6 Å². The van der Waals surface area contributed by atoms with E-state index < -0.39 is 17.6 Å². The predicted octanol–water partition coefficient (Wildman–Crippen LogP) is 2.82. The quantitative estimate of drug-likeness (QED) is 0.592. The average molecular weight is 410 g/mol. The molecule has 10 heteroatoms. The molecule has 9 nitrogen and oxygen atoms in total. The van der Waals surface area contributed by atoms with Gasteiger partial charge in [0.2, 0.25) is 5.28 Å². The first kappa shape index (κ1) is 20.2. The number of nitrogens with one attached hydrogen (secondary N) is 2. The number of ether oxygens (including phenoxy) is 2. The topological polar surface area (TPSA) is 109 Å². The van der Waals surface area contributed by atoms with Crippen LogP contribution < -0.4 is 5.32 Å². The molecule has 2 N–H and O–H groups in total. The number of hydrogen-bond donors (Lipinski definition) is 2. The third kappa shape index (κ3) is 4.64. The van der Waals surface area contributed by atoms with E-state index in [1.807, 2.05) is 6.07 Å². The van der Waals surface area contributed by atoms with Crippen molar-refractivity contribution in [1.29, 1.82) is 0 Å². The molecule has 0 unspecified atom stereocenters. The van der Waals surface area contributed by atoms with Gasteiger partial charge in [-0.25, -0.2) is 9.78 Å². The fraction of sp³-hybridized carbons (Fsp3) is 0.556. The molecule has 2 aromatic heterocycles. The molecule has 152 valence electrons. The molecule has 3 rings (SSSR count). The Bertz CT molecular complexity index is 878. The van der Waals surface area contributed by atoms with Crippen LogP contribution in [0.5, 0.6) is 0 Å². The third-order valence-corrected chi connectivity index (χ3v) is 4.54. The number of anilines is 1. The van der Waals surface area contributed by atoms with Crippen LogP contribution >= 0.6 is 11.6 Å². The van der Waals surface area contributed by atoms with Gasteiger partial charge in [0, 0.05) is 25.3 Å². The van der Waals surface area contributed by atoms with Crippen molar-refractivity contribution in [3.05, 3.63) is 17.5 Å². The molecule has 0 spiro atoms. The molecule has 2 atom stereocenters. The summed E-state index contributed by atoms with van der Waals surface area (Å²) in [6.07, 6.45) is 1.76. The summed E-state index contributed by atoms with van der Waals surface area (Å²) in [5, 5.41) is 4.17. The normalized spacial score (nSPS) is 20.1. The van der Waals surface area contributed by atoms with Crippen LogP contribution in [-0.2, 0) is 14.3 Å². The van der Waals surface area contributed by atoms with Crippen LogP contribution in [0.3, 0.4) is 0 Å². The van der Waals surface area contributed by atoms with Crippen molar-refractivity contribution in [2.45, 2.75) is 38.8 Å². The summed E-state index contributed by atoms with van der Waals surface area (Å²) in [6.45, 7) is 6.00. The minimum atomic E-state index is -0.629. The number of esters is 1. The van der Waals surface area contributed by atoms with Crippen LogP contribution in [0.2, 0.25) is 5.28 Å². The van der Waals surface area contributed by atoms with Crippen molar-refractivity contribution in [1.82, 2.24) is 19.9 Å². The summed E-state index contributed by atoms with van der Waals surface area (Å²) in [5.41, 5.74) is -0.0257. The van der Waals surface area contributed by atoms with Crippen LogP contribution in [0.25, 0.3) is 11.0 Å². The van der Waals surface area contributed by atoms with E-state index in [-0.39, 0.29) is 23.8 Å². The lowest BCUT2D eigenvalue weighted by molar-refractivity contribution is -0.147. The Balaban J connectivity index is 1.83. The highest BCUT2D eigenvalue weighted by Crippen LogP contribution is 2.26. The number of halogens is 1. The Hall–Kier alpha value is -2.55. The number of amides is 1. The lowest BCUT2D eigenvalue weighted by atomic mass is 9.94. The molecule has 0 saturated carbocycles. The Morgan fingerprint density at radius 1 is 1.32 bits per heavy atom. The maximum atomic E-state index is 12.6.